The fourth-order valence-corrected chi connectivity index (χ4v) is 4.13. The minimum absolute atomic E-state index is 0.0262. The number of amides is 4. The van der Waals surface area contributed by atoms with Gasteiger partial charge in [-0.2, -0.15) is 0 Å². The Hall–Kier alpha value is -2.03. The Morgan fingerprint density at radius 3 is 2.71 bits per heavy atom. The third-order valence-electron chi connectivity index (χ3n) is 4.33. The van der Waals surface area contributed by atoms with E-state index in [2.05, 4.69) is 15.6 Å². The fraction of sp³-hybridized carbons (Fsp3) is 0.600. The Bertz CT molecular complexity index is 623. The molecule has 4 amide bonds. The number of hydrogen-bond donors (Lipinski definition) is 2. The van der Waals surface area contributed by atoms with Crippen LogP contribution in [0.4, 0.5) is 4.79 Å². The van der Waals surface area contributed by atoms with Gasteiger partial charge in [-0.3, -0.25) is 14.5 Å². The lowest BCUT2D eigenvalue weighted by Crippen LogP contribution is -2.45. The van der Waals surface area contributed by atoms with E-state index in [4.69, 9.17) is 0 Å². The van der Waals surface area contributed by atoms with E-state index in [-0.39, 0.29) is 30.9 Å². The van der Waals surface area contributed by atoms with Gasteiger partial charge in [-0.05, 0) is 25.7 Å². The van der Waals surface area contributed by atoms with Crippen molar-refractivity contribution in [3.05, 3.63) is 12.4 Å². The minimum atomic E-state index is -0.495. The molecule has 0 radical (unpaired) electrons. The molecule has 2 fully saturated rings. The summed E-state index contributed by atoms with van der Waals surface area (Å²) in [5.41, 5.74) is 0. The van der Waals surface area contributed by atoms with Gasteiger partial charge in [0.15, 0.2) is 5.16 Å². The second-order valence-corrected chi connectivity index (χ2v) is 7.39. The predicted molar refractivity (Wildman–Crippen MR) is 88.4 cm³/mol. The first-order valence-corrected chi connectivity index (χ1v) is 8.92. The number of carbonyl (C=O) groups is 3. The zero-order valence-corrected chi connectivity index (χ0v) is 14.3. The summed E-state index contributed by atoms with van der Waals surface area (Å²) in [5.74, 6) is -0.633. The molecule has 1 saturated carbocycles. The van der Waals surface area contributed by atoms with Gasteiger partial charge < -0.3 is 15.2 Å². The van der Waals surface area contributed by atoms with Crippen molar-refractivity contribution in [3.63, 3.8) is 0 Å². The van der Waals surface area contributed by atoms with Gasteiger partial charge in [0.25, 0.3) is 5.91 Å². The van der Waals surface area contributed by atoms with Gasteiger partial charge in [0.2, 0.25) is 5.91 Å². The molecule has 0 bridgehead atoms. The summed E-state index contributed by atoms with van der Waals surface area (Å²) in [5, 5.41) is 6.86. The van der Waals surface area contributed by atoms with E-state index in [0.29, 0.717) is 5.25 Å². The second-order valence-electron chi connectivity index (χ2n) is 6.12. The molecule has 1 saturated heterocycles. The quantitative estimate of drug-likeness (QED) is 0.753. The standard InChI is InChI=1S/C15H21N5O3S/c1-19-7-6-16-15(19)24-11-4-2-10(3-5-11)18-12(21)9-20-13(22)8-17-14(20)23/h6-7,10-11H,2-5,8-9H2,1H3,(H,17,23)(H,18,21). The van der Waals surface area contributed by atoms with Crippen LogP contribution in [-0.4, -0.2) is 56.7 Å². The van der Waals surface area contributed by atoms with Crippen LogP contribution < -0.4 is 10.6 Å². The number of urea groups is 1. The van der Waals surface area contributed by atoms with Crippen molar-refractivity contribution in [1.29, 1.82) is 0 Å². The summed E-state index contributed by atoms with van der Waals surface area (Å²) in [6, 6.07) is -0.387. The zero-order chi connectivity index (χ0) is 17.1. The van der Waals surface area contributed by atoms with E-state index in [1.165, 1.54) is 0 Å². The van der Waals surface area contributed by atoms with Crippen LogP contribution in [0.3, 0.4) is 0 Å². The lowest BCUT2D eigenvalue weighted by molar-refractivity contribution is -0.131. The molecular formula is C15H21N5O3S. The van der Waals surface area contributed by atoms with Gasteiger partial charge >= 0.3 is 6.03 Å². The third kappa shape index (κ3) is 3.89. The molecule has 1 aliphatic carbocycles. The summed E-state index contributed by atoms with van der Waals surface area (Å²) in [7, 11) is 1.98. The summed E-state index contributed by atoms with van der Waals surface area (Å²) >= 11 is 1.78. The Kier molecular flexibility index (Phi) is 5.08. The van der Waals surface area contributed by atoms with E-state index < -0.39 is 6.03 Å². The van der Waals surface area contributed by atoms with Gasteiger partial charge in [0.1, 0.15) is 6.54 Å². The number of nitrogens with zero attached hydrogens (tertiary/aromatic N) is 3. The molecule has 3 rings (SSSR count). The Morgan fingerprint density at radius 1 is 1.38 bits per heavy atom. The first-order valence-electron chi connectivity index (χ1n) is 8.04. The highest BCUT2D eigenvalue weighted by Gasteiger charge is 2.31. The summed E-state index contributed by atoms with van der Waals surface area (Å²) in [6.07, 6.45) is 7.53. The molecule has 1 aromatic rings. The molecule has 24 heavy (non-hydrogen) atoms. The predicted octanol–water partition coefficient (Wildman–Crippen LogP) is 0.491. The van der Waals surface area contributed by atoms with E-state index in [1.807, 2.05) is 17.8 Å². The number of aromatic nitrogens is 2. The summed E-state index contributed by atoms with van der Waals surface area (Å²) in [6.45, 7) is -0.228. The highest BCUT2D eigenvalue weighted by Crippen LogP contribution is 2.32. The second kappa shape index (κ2) is 7.25. The van der Waals surface area contributed by atoms with Crippen molar-refractivity contribution in [1.82, 2.24) is 25.1 Å². The maximum absolute atomic E-state index is 12.0. The molecule has 0 aromatic carbocycles. The fourth-order valence-electron chi connectivity index (χ4n) is 2.97. The number of rotatable bonds is 5. The maximum atomic E-state index is 12.0. The maximum Gasteiger partial charge on any atom is 0.325 e. The Morgan fingerprint density at radius 2 is 2.12 bits per heavy atom. The smallest absolute Gasteiger partial charge is 0.325 e. The van der Waals surface area contributed by atoms with Crippen molar-refractivity contribution in [3.8, 4) is 0 Å². The molecule has 0 spiro atoms. The Labute approximate surface area is 144 Å². The van der Waals surface area contributed by atoms with E-state index in [9.17, 15) is 14.4 Å². The van der Waals surface area contributed by atoms with Crippen molar-refractivity contribution < 1.29 is 14.4 Å². The number of carbonyl (C=O) groups excluding carboxylic acids is 3. The first kappa shape index (κ1) is 16.8. The average molecular weight is 351 g/mol. The first-order chi connectivity index (χ1) is 11.5. The van der Waals surface area contributed by atoms with Gasteiger partial charge in [0.05, 0.1) is 6.54 Å². The molecule has 1 aliphatic heterocycles. The van der Waals surface area contributed by atoms with E-state index in [0.717, 1.165) is 35.7 Å². The van der Waals surface area contributed by atoms with Gasteiger partial charge in [-0.25, -0.2) is 9.78 Å². The lowest BCUT2D eigenvalue weighted by atomic mass is 9.95. The number of imide groups is 1. The molecule has 1 aromatic heterocycles. The number of hydrogen-bond acceptors (Lipinski definition) is 5. The minimum Gasteiger partial charge on any atom is -0.352 e. The zero-order valence-electron chi connectivity index (χ0n) is 13.5. The van der Waals surface area contributed by atoms with Gasteiger partial charge in [0, 0.05) is 30.7 Å². The summed E-state index contributed by atoms with van der Waals surface area (Å²) in [4.78, 5) is 40.2. The molecule has 8 nitrogen and oxygen atoms in total. The topological polar surface area (TPSA) is 96.3 Å². The van der Waals surface area contributed by atoms with Crippen LogP contribution in [0.2, 0.25) is 0 Å². The molecule has 2 N–H and O–H groups in total. The molecule has 0 unspecified atom stereocenters. The number of thioether (sulfide) groups is 1. The van der Waals surface area contributed by atoms with Crippen molar-refractivity contribution in [2.24, 2.45) is 7.05 Å². The van der Waals surface area contributed by atoms with Crippen LogP contribution >= 0.6 is 11.8 Å². The third-order valence-corrected chi connectivity index (χ3v) is 5.74. The molecule has 2 heterocycles. The van der Waals surface area contributed by atoms with Crippen molar-refractivity contribution >= 4 is 29.6 Å². The van der Waals surface area contributed by atoms with Crippen LogP contribution in [0.5, 0.6) is 0 Å². The normalized spacial score (nSPS) is 24.1. The Balaban J connectivity index is 1.42. The van der Waals surface area contributed by atoms with Crippen LogP contribution in [0.1, 0.15) is 25.7 Å². The van der Waals surface area contributed by atoms with Gasteiger partial charge in [-0.1, -0.05) is 11.8 Å². The largest absolute Gasteiger partial charge is 0.352 e. The van der Waals surface area contributed by atoms with Crippen LogP contribution in [-0.2, 0) is 16.6 Å². The van der Waals surface area contributed by atoms with Crippen LogP contribution in [0, 0.1) is 0 Å². The molecule has 9 heteroatoms. The lowest BCUT2D eigenvalue weighted by Gasteiger charge is -2.28. The monoisotopic (exact) mass is 351 g/mol. The SMILES string of the molecule is Cn1ccnc1SC1CCC(NC(=O)CN2C(=O)CNC2=O)CC1. The van der Waals surface area contributed by atoms with Crippen LogP contribution in [0.15, 0.2) is 17.6 Å². The van der Waals surface area contributed by atoms with Gasteiger partial charge in [-0.15, -0.1) is 0 Å². The van der Waals surface area contributed by atoms with Crippen molar-refractivity contribution in [2.75, 3.05) is 13.1 Å². The summed E-state index contributed by atoms with van der Waals surface area (Å²) < 4.78 is 2.01. The molecule has 0 atom stereocenters. The van der Waals surface area contributed by atoms with E-state index in [1.54, 1.807) is 18.0 Å². The highest BCUT2D eigenvalue weighted by molar-refractivity contribution is 7.99. The van der Waals surface area contributed by atoms with Crippen LogP contribution in [0.25, 0.3) is 0 Å². The van der Waals surface area contributed by atoms with Crippen molar-refractivity contribution in [2.45, 2.75) is 42.1 Å². The average Bonchev–Trinajstić information content (AvgIpc) is 3.10. The number of nitrogens with one attached hydrogen (secondary N) is 2. The number of aryl methyl sites for hydroxylation is 1. The molecular weight excluding hydrogens is 330 g/mol. The number of imidazole rings is 1. The highest BCUT2D eigenvalue weighted by atomic mass is 32.2. The molecule has 130 valence electrons. The van der Waals surface area contributed by atoms with E-state index >= 15 is 0 Å². The molecule has 2 aliphatic rings.